The highest BCUT2D eigenvalue weighted by atomic mass is 16.2. The summed E-state index contributed by atoms with van der Waals surface area (Å²) >= 11 is 0. The van der Waals surface area contributed by atoms with Crippen molar-refractivity contribution in [2.45, 2.75) is 26.3 Å². The normalized spacial score (nSPS) is 11.2. The third kappa shape index (κ3) is 2.76. The molecule has 1 aromatic rings. The number of aromatic nitrogens is 1. The number of amides is 1. The Kier molecular flexibility index (Phi) is 3.42. The molecule has 0 saturated carbocycles. The van der Waals surface area contributed by atoms with Gasteiger partial charge in [-0.3, -0.25) is 9.78 Å². The molecule has 0 aliphatic carbocycles. The molecule has 1 rings (SSSR count). The molecular formula is C11H17N3O. The highest BCUT2D eigenvalue weighted by molar-refractivity contribution is 5.97. The topological polar surface area (TPSA) is 54.0 Å². The zero-order chi connectivity index (χ0) is 11.5. The minimum Gasteiger partial charge on any atom is -0.323 e. The summed E-state index contributed by atoms with van der Waals surface area (Å²) in [4.78, 5) is 15.8. The number of hydrogen-bond acceptors (Lipinski definition) is 3. The lowest BCUT2D eigenvalue weighted by molar-refractivity contribution is -0.121. The van der Waals surface area contributed by atoms with E-state index in [0.717, 1.165) is 11.3 Å². The lowest BCUT2D eigenvalue weighted by Crippen LogP contribution is -2.48. The van der Waals surface area contributed by atoms with Gasteiger partial charge in [0, 0.05) is 6.20 Å². The van der Waals surface area contributed by atoms with Crippen molar-refractivity contribution < 1.29 is 4.79 Å². The average molecular weight is 207 g/mol. The number of anilines is 1. The number of carbonyl (C=O) groups is 1. The largest absolute Gasteiger partial charge is 0.323 e. The van der Waals surface area contributed by atoms with Crippen LogP contribution in [0.2, 0.25) is 0 Å². The monoisotopic (exact) mass is 207 g/mol. The molecule has 0 spiro atoms. The zero-order valence-electron chi connectivity index (χ0n) is 9.59. The number of likely N-dealkylation sites (N-methyl/N-ethyl adjacent to an activating group) is 1. The SMILES string of the molecule is CNC(C)(C)C(=O)Nc1cnccc1C. The van der Waals surface area contributed by atoms with Crippen LogP contribution in [0.1, 0.15) is 19.4 Å². The maximum absolute atomic E-state index is 11.8. The molecule has 4 heteroatoms. The van der Waals surface area contributed by atoms with Gasteiger partial charge in [0.05, 0.1) is 17.4 Å². The van der Waals surface area contributed by atoms with Gasteiger partial charge >= 0.3 is 0 Å². The van der Waals surface area contributed by atoms with Gasteiger partial charge in [0.1, 0.15) is 0 Å². The Labute approximate surface area is 90.1 Å². The highest BCUT2D eigenvalue weighted by Crippen LogP contribution is 2.13. The van der Waals surface area contributed by atoms with Crippen LogP contribution >= 0.6 is 0 Å². The van der Waals surface area contributed by atoms with Gasteiger partial charge in [0.25, 0.3) is 0 Å². The van der Waals surface area contributed by atoms with Crippen LogP contribution in [0, 0.1) is 6.92 Å². The van der Waals surface area contributed by atoms with E-state index in [-0.39, 0.29) is 5.91 Å². The Bertz CT molecular complexity index is 361. The number of hydrogen-bond donors (Lipinski definition) is 2. The molecule has 4 nitrogen and oxygen atoms in total. The van der Waals surface area contributed by atoms with Crippen LogP contribution in [-0.4, -0.2) is 23.5 Å². The molecule has 0 bridgehead atoms. The average Bonchev–Trinajstić information content (AvgIpc) is 2.21. The standard InChI is InChI=1S/C11H17N3O/c1-8-5-6-13-7-9(8)14-10(15)11(2,3)12-4/h5-7,12H,1-4H3,(H,14,15). The van der Waals surface area contributed by atoms with Crippen molar-refractivity contribution in [3.05, 3.63) is 24.0 Å². The van der Waals surface area contributed by atoms with Crippen LogP contribution in [-0.2, 0) is 4.79 Å². The van der Waals surface area contributed by atoms with Gasteiger partial charge in [-0.05, 0) is 39.4 Å². The third-order valence-corrected chi connectivity index (χ3v) is 2.48. The predicted octanol–water partition coefficient (Wildman–Crippen LogP) is 1.33. The first-order chi connectivity index (χ1) is 6.97. The summed E-state index contributed by atoms with van der Waals surface area (Å²) in [5, 5.41) is 5.79. The van der Waals surface area contributed by atoms with Crippen LogP contribution in [0.3, 0.4) is 0 Å². The van der Waals surface area contributed by atoms with E-state index < -0.39 is 5.54 Å². The second-order valence-corrected chi connectivity index (χ2v) is 4.02. The summed E-state index contributed by atoms with van der Waals surface area (Å²) in [6.45, 7) is 5.59. The quantitative estimate of drug-likeness (QED) is 0.786. The first-order valence-corrected chi connectivity index (χ1v) is 4.88. The first-order valence-electron chi connectivity index (χ1n) is 4.88. The van der Waals surface area contributed by atoms with Gasteiger partial charge in [0.2, 0.25) is 5.91 Å². The van der Waals surface area contributed by atoms with E-state index in [4.69, 9.17) is 0 Å². The van der Waals surface area contributed by atoms with E-state index in [1.54, 1.807) is 19.4 Å². The molecule has 0 fully saturated rings. The summed E-state index contributed by atoms with van der Waals surface area (Å²) in [5.41, 5.74) is 1.18. The summed E-state index contributed by atoms with van der Waals surface area (Å²) in [6, 6.07) is 1.86. The molecule has 0 unspecified atom stereocenters. The molecule has 0 atom stereocenters. The zero-order valence-corrected chi connectivity index (χ0v) is 9.59. The lowest BCUT2D eigenvalue weighted by atomic mass is 10.0. The van der Waals surface area contributed by atoms with Crippen molar-refractivity contribution in [2.75, 3.05) is 12.4 Å². The molecule has 0 aliphatic heterocycles. The predicted molar refractivity (Wildman–Crippen MR) is 60.7 cm³/mol. The van der Waals surface area contributed by atoms with Crippen LogP contribution < -0.4 is 10.6 Å². The van der Waals surface area contributed by atoms with Gasteiger partial charge < -0.3 is 10.6 Å². The fraction of sp³-hybridized carbons (Fsp3) is 0.455. The molecule has 1 amide bonds. The van der Waals surface area contributed by atoms with Crippen LogP contribution in [0.15, 0.2) is 18.5 Å². The van der Waals surface area contributed by atoms with Gasteiger partial charge in [-0.2, -0.15) is 0 Å². The number of nitrogens with one attached hydrogen (secondary N) is 2. The van der Waals surface area contributed by atoms with Crippen molar-refractivity contribution in [1.29, 1.82) is 0 Å². The lowest BCUT2D eigenvalue weighted by Gasteiger charge is -2.23. The molecule has 15 heavy (non-hydrogen) atoms. The molecule has 0 aliphatic rings. The molecule has 0 saturated heterocycles. The van der Waals surface area contributed by atoms with E-state index in [1.165, 1.54) is 0 Å². The molecule has 1 aromatic heterocycles. The maximum atomic E-state index is 11.8. The second-order valence-electron chi connectivity index (χ2n) is 4.02. The number of rotatable bonds is 3. The maximum Gasteiger partial charge on any atom is 0.244 e. The fourth-order valence-electron chi connectivity index (χ4n) is 0.987. The van der Waals surface area contributed by atoms with Gasteiger partial charge in [-0.1, -0.05) is 0 Å². The van der Waals surface area contributed by atoms with Crippen molar-refractivity contribution >= 4 is 11.6 Å². The van der Waals surface area contributed by atoms with Crippen molar-refractivity contribution in [3.8, 4) is 0 Å². The van der Waals surface area contributed by atoms with E-state index in [0.29, 0.717) is 0 Å². The first kappa shape index (κ1) is 11.7. The fourth-order valence-corrected chi connectivity index (χ4v) is 0.987. The summed E-state index contributed by atoms with van der Waals surface area (Å²) in [5.74, 6) is -0.0684. The Morgan fingerprint density at radius 3 is 2.67 bits per heavy atom. The minimum atomic E-state index is -0.581. The van der Waals surface area contributed by atoms with Crippen molar-refractivity contribution in [3.63, 3.8) is 0 Å². The van der Waals surface area contributed by atoms with Crippen molar-refractivity contribution in [1.82, 2.24) is 10.3 Å². The van der Waals surface area contributed by atoms with Crippen LogP contribution in [0.5, 0.6) is 0 Å². The van der Waals surface area contributed by atoms with E-state index >= 15 is 0 Å². The molecule has 0 radical (unpaired) electrons. The number of nitrogens with zero attached hydrogens (tertiary/aromatic N) is 1. The Balaban J connectivity index is 2.80. The number of carbonyl (C=O) groups excluding carboxylic acids is 1. The minimum absolute atomic E-state index is 0.0684. The molecular weight excluding hydrogens is 190 g/mol. The smallest absolute Gasteiger partial charge is 0.244 e. The summed E-state index contributed by atoms with van der Waals surface area (Å²) in [6.07, 6.45) is 3.35. The second kappa shape index (κ2) is 4.40. The summed E-state index contributed by atoms with van der Waals surface area (Å²) in [7, 11) is 1.76. The van der Waals surface area contributed by atoms with Crippen LogP contribution in [0.25, 0.3) is 0 Å². The third-order valence-electron chi connectivity index (χ3n) is 2.48. The van der Waals surface area contributed by atoms with E-state index in [2.05, 4.69) is 15.6 Å². The van der Waals surface area contributed by atoms with Gasteiger partial charge in [-0.15, -0.1) is 0 Å². The van der Waals surface area contributed by atoms with Gasteiger partial charge in [-0.25, -0.2) is 0 Å². The van der Waals surface area contributed by atoms with Crippen molar-refractivity contribution in [2.24, 2.45) is 0 Å². The molecule has 1 heterocycles. The van der Waals surface area contributed by atoms with E-state index in [9.17, 15) is 4.79 Å². The number of pyridine rings is 1. The highest BCUT2D eigenvalue weighted by Gasteiger charge is 2.25. The van der Waals surface area contributed by atoms with Gasteiger partial charge in [0.15, 0.2) is 0 Å². The Morgan fingerprint density at radius 1 is 1.47 bits per heavy atom. The molecule has 82 valence electrons. The van der Waals surface area contributed by atoms with E-state index in [1.807, 2.05) is 26.8 Å². The van der Waals surface area contributed by atoms with Crippen LogP contribution in [0.4, 0.5) is 5.69 Å². The summed E-state index contributed by atoms with van der Waals surface area (Å²) < 4.78 is 0. The molecule has 2 N–H and O–H groups in total. The Hall–Kier alpha value is -1.42. The Morgan fingerprint density at radius 2 is 2.13 bits per heavy atom. The number of aryl methyl sites for hydroxylation is 1. The molecule has 0 aromatic carbocycles.